The molecule has 0 radical (unpaired) electrons. The molecule has 5 heteroatoms. The third-order valence-corrected chi connectivity index (χ3v) is 4.82. The Kier molecular flexibility index (Phi) is 6.22. The molecule has 1 aliphatic rings. The fourth-order valence-electron chi connectivity index (χ4n) is 1.32. The van der Waals surface area contributed by atoms with E-state index in [1.165, 1.54) is 19.3 Å². The molecule has 84 valence electrons. The molecule has 0 aromatic heterocycles. The van der Waals surface area contributed by atoms with Gasteiger partial charge in [0.1, 0.15) is 0 Å². The zero-order valence-electron chi connectivity index (χ0n) is 8.83. The molecule has 0 saturated carbocycles. The van der Waals surface area contributed by atoms with Crippen LogP contribution in [0.5, 0.6) is 0 Å². The van der Waals surface area contributed by atoms with E-state index < -0.39 is 6.64 Å². The normalized spacial score (nSPS) is 27.8. The van der Waals surface area contributed by atoms with Gasteiger partial charge >= 0.3 is 0 Å². The average Bonchev–Trinajstić information content (AvgIpc) is 2.18. The lowest BCUT2D eigenvalue weighted by Crippen LogP contribution is -2.23. The van der Waals surface area contributed by atoms with E-state index in [1.54, 1.807) is 0 Å². The molecule has 3 nitrogen and oxygen atoms in total. The second kappa shape index (κ2) is 6.91. The van der Waals surface area contributed by atoms with Crippen LogP contribution in [0.2, 0.25) is 0 Å². The van der Waals surface area contributed by atoms with Crippen LogP contribution in [0.4, 0.5) is 0 Å². The van der Waals surface area contributed by atoms with E-state index in [0.29, 0.717) is 0 Å². The summed E-state index contributed by atoms with van der Waals surface area (Å²) in [6.07, 6.45) is 5.89. The highest BCUT2D eigenvalue weighted by Crippen LogP contribution is 2.45. The largest absolute Gasteiger partial charge is 0.318 e. The number of nitrogens with one attached hydrogen (secondary N) is 1. The minimum atomic E-state index is -2.08. The van der Waals surface area contributed by atoms with Crippen LogP contribution in [0.15, 0.2) is 0 Å². The predicted octanol–water partition coefficient (Wildman–Crippen LogP) is 2.82. The molecule has 1 heterocycles. The van der Waals surface area contributed by atoms with Crippen LogP contribution in [-0.4, -0.2) is 19.8 Å². The van der Waals surface area contributed by atoms with Gasteiger partial charge in [-0.25, -0.2) is 5.09 Å². The minimum Gasteiger partial charge on any atom is -0.318 e. The van der Waals surface area contributed by atoms with Gasteiger partial charge in [-0.05, 0) is 24.6 Å². The fraction of sp³-hybridized carbons (Fsp3) is 1.00. The molecule has 1 N–H and O–H groups in total. The molecule has 1 saturated heterocycles. The second-order valence-corrected chi connectivity index (χ2v) is 6.76. The van der Waals surface area contributed by atoms with Crippen molar-refractivity contribution in [3.8, 4) is 0 Å². The standard InChI is InChI=1S/C9H20NO2PS/c1-2-3-4-5-8-11-13(14)10-7-6-9-12-13/h2-9H2,1H3,(H,10,14). The van der Waals surface area contributed by atoms with Crippen LogP contribution >= 0.6 is 6.64 Å². The first kappa shape index (κ1) is 12.6. The third-order valence-electron chi connectivity index (χ3n) is 2.15. The summed E-state index contributed by atoms with van der Waals surface area (Å²) in [7, 11) is 0. The summed E-state index contributed by atoms with van der Waals surface area (Å²) in [5.74, 6) is 0. The van der Waals surface area contributed by atoms with Gasteiger partial charge in [0.25, 0.3) is 6.64 Å². The average molecular weight is 237 g/mol. The van der Waals surface area contributed by atoms with Crippen molar-refractivity contribution in [1.82, 2.24) is 5.09 Å². The zero-order chi connectivity index (χ0) is 10.3. The maximum atomic E-state index is 5.61. The van der Waals surface area contributed by atoms with Crippen molar-refractivity contribution < 1.29 is 9.05 Å². The molecule has 0 aromatic carbocycles. The smallest absolute Gasteiger partial charge is 0.261 e. The van der Waals surface area contributed by atoms with E-state index in [2.05, 4.69) is 12.0 Å². The highest BCUT2D eigenvalue weighted by molar-refractivity contribution is 8.09. The Morgan fingerprint density at radius 2 is 2.29 bits per heavy atom. The van der Waals surface area contributed by atoms with Gasteiger partial charge < -0.3 is 9.05 Å². The van der Waals surface area contributed by atoms with Crippen LogP contribution in [0.1, 0.15) is 39.0 Å². The Morgan fingerprint density at radius 3 is 2.93 bits per heavy atom. The second-order valence-electron chi connectivity index (χ2n) is 3.49. The van der Waals surface area contributed by atoms with Crippen molar-refractivity contribution in [2.75, 3.05) is 19.8 Å². The maximum absolute atomic E-state index is 5.61. The Balaban J connectivity index is 2.07. The third kappa shape index (κ3) is 4.85. The van der Waals surface area contributed by atoms with Gasteiger partial charge in [0, 0.05) is 6.54 Å². The van der Waals surface area contributed by atoms with Crippen molar-refractivity contribution in [2.45, 2.75) is 39.0 Å². The summed E-state index contributed by atoms with van der Waals surface area (Å²) in [4.78, 5) is 0. The topological polar surface area (TPSA) is 30.5 Å². The lowest BCUT2D eigenvalue weighted by molar-refractivity contribution is 0.217. The summed E-state index contributed by atoms with van der Waals surface area (Å²) in [6, 6.07) is 0. The van der Waals surface area contributed by atoms with Crippen molar-refractivity contribution in [2.24, 2.45) is 0 Å². The van der Waals surface area contributed by atoms with Gasteiger partial charge in [0.15, 0.2) is 0 Å². The molecule has 1 aliphatic heterocycles. The van der Waals surface area contributed by atoms with Crippen LogP contribution < -0.4 is 5.09 Å². The van der Waals surface area contributed by atoms with E-state index >= 15 is 0 Å². The van der Waals surface area contributed by atoms with Gasteiger partial charge in [0.05, 0.1) is 13.2 Å². The highest BCUT2D eigenvalue weighted by Gasteiger charge is 2.21. The van der Waals surface area contributed by atoms with Crippen molar-refractivity contribution in [1.29, 1.82) is 0 Å². The van der Waals surface area contributed by atoms with Crippen LogP contribution in [0, 0.1) is 0 Å². The number of rotatable bonds is 6. The predicted molar refractivity (Wildman–Crippen MR) is 63.0 cm³/mol. The summed E-state index contributed by atoms with van der Waals surface area (Å²) in [5.41, 5.74) is 0. The van der Waals surface area contributed by atoms with E-state index in [9.17, 15) is 0 Å². The number of hydrogen-bond acceptors (Lipinski definition) is 3. The first-order valence-corrected chi connectivity index (χ1v) is 8.05. The highest BCUT2D eigenvalue weighted by atomic mass is 32.5. The fourth-order valence-corrected chi connectivity index (χ4v) is 3.46. The molecule has 1 unspecified atom stereocenters. The van der Waals surface area contributed by atoms with E-state index in [0.717, 1.165) is 32.6 Å². The van der Waals surface area contributed by atoms with Gasteiger partial charge in [-0.3, -0.25) is 0 Å². The lowest BCUT2D eigenvalue weighted by atomic mass is 10.2. The monoisotopic (exact) mass is 237 g/mol. The number of hydrogen-bond donors (Lipinski definition) is 1. The Bertz CT molecular complexity index is 191. The summed E-state index contributed by atoms with van der Waals surface area (Å²) >= 11 is 5.29. The summed E-state index contributed by atoms with van der Waals surface area (Å²) in [5, 5.41) is 3.17. The molecule has 0 aromatic rings. The molecule has 0 aliphatic carbocycles. The lowest BCUT2D eigenvalue weighted by Gasteiger charge is -2.27. The quantitative estimate of drug-likeness (QED) is 0.568. The maximum Gasteiger partial charge on any atom is 0.261 e. The number of unbranched alkanes of at least 4 members (excludes halogenated alkanes) is 3. The van der Waals surface area contributed by atoms with Crippen molar-refractivity contribution in [3.63, 3.8) is 0 Å². The van der Waals surface area contributed by atoms with Crippen molar-refractivity contribution in [3.05, 3.63) is 0 Å². The molecule has 1 fully saturated rings. The zero-order valence-corrected chi connectivity index (χ0v) is 10.5. The van der Waals surface area contributed by atoms with Gasteiger partial charge in [-0.1, -0.05) is 26.2 Å². The summed E-state index contributed by atoms with van der Waals surface area (Å²) in [6.45, 7) is 2.55. The molecule has 1 rings (SSSR count). The van der Waals surface area contributed by atoms with Gasteiger partial charge in [0.2, 0.25) is 0 Å². The molecule has 14 heavy (non-hydrogen) atoms. The first-order valence-electron chi connectivity index (χ1n) is 5.41. The van der Waals surface area contributed by atoms with E-state index in [-0.39, 0.29) is 0 Å². The first-order chi connectivity index (χ1) is 6.77. The van der Waals surface area contributed by atoms with Gasteiger partial charge in [-0.2, -0.15) is 0 Å². The molecule has 1 atom stereocenters. The molecular formula is C9H20NO2PS. The Hall–Kier alpha value is 0.530. The SMILES string of the molecule is CCCCCCOP1(=S)NCCCO1. The molecule has 0 amide bonds. The summed E-state index contributed by atoms with van der Waals surface area (Å²) < 4.78 is 11.1. The van der Waals surface area contributed by atoms with E-state index in [1.807, 2.05) is 0 Å². The molecule has 0 spiro atoms. The van der Waals surface area contributed by atoms with Crippen LogP contribution in [0.3, 0.4) is 0 Å². The van der Waals surface area contributed by atoms with Crippen LogP contribution in [0.25, 0.3) is 0 Å². The Labute approximate surface area is 91.8 Å². The van der Waals surface area contributed by atoms with E-state index in [4.69, 9.17) is 20.9 Å². The Morgan fingerprint density at radius 1 is 1.43 bits per heavy atom. The molecular weight excluding hydrogens is 217 g/mol. The van der Waals surface area contributed by atoms with Gasteiger partial charge in [-0.15, -0.1) is 0 Å². The molecule has 0 bridgehead atoms. The van der Waals surface area contributed by atoms with Crippen LogP contribution in [-0.2, 0) is 20.9 Å². The minimum absolute atomic E-state index is 0.740. The van der Waals surface area contributed by atoms with Crippen molar-refractivity contribution >= 4 is 18.4 Å².